The second kappa shape index (κ2) is 8.37. The molecule has 21 heavy (non-hydrogen) atoms. The Hall–Kier alpha value is -1.10. The van der Waals surface area contributed by atoms with E-state index in [0.29, 0.717) is 18.9 Å². The lowest BCUT2D eigenvalue weighted by molar-refractivity contribution is -0.137. The van der Waals surface area contributed by atoms with E-state index in [1.54, 1.807) is 0 Å². The van der Waals surface area contributed by atoms with E-state index >= 15 is 0 Å². The van der Waals surface area contributed by atoms with Crippen molar-refractivity contribution in [2.75, 3.05) is 13.1 Å². The fraction of sp³-hybridized carbons (Fsp3) is 0.875. The zero-order valence-electron chi connectivity index (χ0n) is 13.6. The standard InChI is InChI=1S/C16H30N2O3/c1-4-12-6-9-17-13(11-12)15(21)18-10-8-16(2,3)7-5-14(19)20/h12-13,17H,4-11H2,1-3H3,(H,18,21)(H,19,20). The molecule has 5 nitrogen and oxygen atoms in total. The monoisotopic (exact) mass is 298 g/mol. The summed E-state index contributed by atoms with van der Waals surface area (Å²) in [5, 5.41) is 15.0. The number of carboxylic acids is 1. The minimum absolute atomic E-state index is 0.0579. The maximum atomic E-state index is 12.1. The number of carbonyl (C=O) groups excluding carboxylic acids is 1. The summed E-state index contributed by atoms with van der Waals surface area (Å²) >= 11 is 0. The Kier molecular flexibility index (Phi) is 7.15. The van der Waals surface area contributed by atoms with Gasteiger partial charge in [-0.3, -0.25) is 9.59 Å². The predicted molar refractivity (Wildman–Crippen MR) is 83.1 cm³/mol. The first kappa shape index (κ1) is 18.0. The largest absolute Gasteiger partial charge is 0.481 e. The first-order chi connectivity index (χ1) is 9.84. The summed E-state index contributed by atoms with van der Waals surface area (Å²) in [4.78, 5) is 22.8. The number of hydrogen-bond acceptors (Lipinski definition) is 3. The van der Waals surface area contributed by atoms with E-state index < -0.39 is 5.97 Å². The van der Waals surface area contributed by atoms with Gasteiger partial charge in [-0.15, -0.1) is 0 Å². The first-order valence-corrected chi connectivity index (χ1v) is 8.07. The van der Waals surface area contributed by atoms with Crippen LogP contribution in [0.1, 0.15) is 59.3 Å². The van der Waals surface area contributed by atoms with Crippen molar-refractivity contribution >= 4 is 11.9 Å². The van der Waals surface area contributed by atoms with E-state index in [4.69, 9.17) is 5.11 Å². The summed E-state index contributed by atoms with van der Waals surface area (Å²) < 4.78 is 0. The molecule has 1 heterocycles. The number of nitrogens with one attached hydrogen (secondary N) is 2. The van der Waals surface area contributed by atoms with Crippen molar-refractivity contribution in [3.63, 3.8) is 0 Å². The topological polar surface area (TPSA) is 78.4 Å². The molecule has 0 aromatic heterocycles. The van der Waals surface area contributed by atoms with E-state index in [2.05, 4.69) is 17.6 Å². The van der Waals surface area contributed by atoms with Crippen molar-refractivity contribution in [3.8, 4) is 0 Å². The van der Waals surface area contributed by atoms with Crippen molar-refractivity contribution in [1.82, 2.24) is 10.6 Å². The first-order valence-electron chi connectivity index (χ1n) is 8.07. The van der Waals surface area contributed by atoms with Gasteiger partial charge in [0.15, 0.2) is 0 Å². The molecule has 2 unspecified atom stereocenters. The van der Waals surface area contributed by atoms with Crippen LogP contribution in [-0.2, 0) is 9.59 Å². The molecule has 122 valence electrons. The fourth-order valence-corrected chi connectivity index (χ4v) is 2.78. The molecule has 1 rings (SSSR count). The van der Waals surface area contributed by atoms with Crippen LogP contribution in [0.5, 0.6) is 0 Å². The molecule has 0 aromatic rings. The van der Waals surface area contributed by atoms with Crippen LogP contribution in [0.4, 0.5) is 0 Å². The van der Waals surface area contributed by atoms with Crippen LogP contribution in [0.15, 0.2) is 0 Å². The van der Waals surface area contributed by atoms with Gasteiger partial charge in [-0.1, -0.05) is 27.2 Å². The van der Waals surface area contributed by atoms with Crippen molar-refractivity contribution in [2.45, 2.75) is 65.3 Å². The third-order valence-electron chi connectivity index (χ3n) is 4.52. The van der Waals surface area contributed by atoms with Crippen LogP contribution in [-0.4, -0.2) is 36.1 Å². The van der Waals surface area contributed by atoms with Gasteiger partial charge in [-0.2, -0.15) is 0 Å². The van der Waals surface area contributed by atoms with Gasteiger partial charge in [0.25, 0.3) is 0 Å². The van der Waals surface area contributed by atoms with Crippen LogP contribution in [0.25, 0.3) is 0 Å². The minimum Gasteiger partial charge on any atom is -0.481 e. The Balaban J connectivity index is 2.27. The highest BCUT2D eigenvalue weighted by atomic mass is 16.4. The lowest BCUT2D eigenvalue weighted by atomic mass is 9.84. The van der Waals surface area contributed by atoms with Crippen molar-refractivity contribution < 1.29 is 14.7 Å². The van der Waals surface area contributed by atoms with Crippen LogP contribution in [0.3, 0.4) is 0 Å². The third-order valence-corrected chi connectivity index (χ3v) is 4.52. The lowest BCUT2D eigenvalue weighted by Crippen LogP contribution is -2.49. The Morgan fingerprint density at radius 2 is 2.05 bits per heavy atom. The average molecular weight is 298 g/mol. The van der Waals surface area contributed by atoms with E-state index in [1.807, 2.05) is 13.8 Å². The molecule has 1 saturated heterocycles. The second-order valence-electron chi connectivity index (χ2n) is 6.90. The number of carbonyl (C=O) groups is 2. The van der Waals surface area contributed by atoms with E-state index in [-0.39, 0.29) is 23.8 Å². The lowest BCUT2D eigenvalue weighted by Gasteiger charge is -2.29. The average Bonchev–Trinajstić information content (AvgIpc) is 2.45. The van der Waals surface area contributed by atoms with Crippen molar-refractivity contribution in [1.29, 1.82) is 0 Å². The van der Waals surface area contributed by atoms with Gasteiger partial charge in [0, 0.05) is 13.0 Å². The van der Waals surface area contributed by atoms with E-state index in [1.165, 1.54) is 0 Å². The molecule has 3 N–H and O–H groups in total. The zero-order valence-corrected chi connectivity index (χ0v) is 13.6. The van der Waals surface area contributed by atoms with E-state index in [0.717, 1.165) is 32.2 Å². The highest BCUT2D eigenvalue weighted by Gasteiger charge is 2.26. The summed E-state index contributed by atoms with van der Waals surface area (Å²) in [6.07, 6.45) is 4.83. The fourth-order valence-electron chi connectivity index (χ4n) is 2.78. The highest BCUT2D eigenvalue weighted by Crippen LogP contribution is 2.26. The van der Waals surface area contributed by atoms with Gasteiger partial charge in [-0.05, 0) is 43.6 Å². The number of aliphatic carboxylic acids is 1. The van der Waals surface area contributed by atoms with E-state index in [9.17, 15) is 9.59 Å². The summed E-state index contributed by atoms with van der Waals surface area (Å²) in [6.45, 7) is 7.80. The molecule has 0 bridgehead atoms. The minimum atomic E-state index is -0.760. The molecule has 2 atom stereocenters. The Morgan fingerprint density at radius 1 is 1.33 bits per heavy atom. The second-order valence-corrected chi connectivity index (χ2v) is 6.90. The molecule has 0 radical (unpaired) electrons. The summed E-state index contributed by atoms with van der Waals surface area (Å²) in [6, 6.07) is -0.0640. The van der Waals surface area contributed by atoms with Gasteiger partial charge in [0.1, 0.15) is 0 Å². The maximum Gasteiger partial charge on any atom is 0.303 e. The molecule has 0 aromatic carbocycles. The summed E-state index contributed by atoms with van der Waals surface area (Å²) in [5.74, 6) is -0.0275. The number of rotatable bonds is 8. The number of carboxylic acid groups (broad SMARTS) is 1. The van der Waals surface area contributed by atoms with Gasteiger partial charge >= 0.3 is 5.97 Å². The SMILES string of the molecule is CCC1CCNC(C(=O)NCCC(C)(C)CCC(=O)O)C1. The quantitative estimate of drug-likeness (QED) is 0.641. The molecule has 0 saturated carbocycles. The summed E-state index contributed by atoms with van der Waals surface area (Å²) in [7, 11) is 0. The van der Waals surface area contributed by atoms with Gasteiger partial charge < -0.3 is 15.7 Å². The van der Waals surface area contributed by atoms with Gasteiger partial charge in [-0.25, -0.2) is 0 Å². The molecule has 1 aliphatic heterocycles. The number of hydrogen-bond donors (Lipinski definition) is 3. The molecule has 5 heteroatoms. The van der Waals surface area contributed by atoms with Gasteiger partial charge in [0.2, 0.25) is 5.91 Å². The molecule has 0 spiro atoms. The highest BCUT2D eigenvalue weighted by molar-refractivity contribution is 5.81. The van der Waals surface area contributed by atoms with Crippen molar-refractivity contribution in [3.05, 3.63) is 0 Å². The molecule has 1 aliphatic rings. The predicted octanol–water partition coefficient (Wildman–Crippen LogP) is 2.16. The Bertz CT molecular complexity index is 355. The normalized spacial score (nSPS) is 22.8. The molecule has 1 amide bonds. The Morgan fingerprint density at radius 3 is 2.67 bits per heavy atom. The summed E-state index contributed by atoms with van der Waals surface area (Å²) in [5.41, 5.74) is -0.0579. The number of piperidine rings is 1. The molecule has 0 aliphatic carbocycles. The van der Waals surface area contributed by atoms with Crippen molar-refractivity contribution in [2.24, 2.45) is 11.3 Å². The molecular formula is C16H30N2O3. The van der Waals surface area contributed by atoms with Crippen LogP contribution < -0.4 is 10.6 Å². The molecular weight excluding hydrogens is 268 g/mol. The smallest absolute Gasteiger partial charge is 0.303 e. The Labute approximate surface area is 127 Å². The van der Waals surface area contributed by atoms with Crippen LogP contribution in [0.2, 0.25) is 0 Å². The third kappa shape index (κ3) is 6.93. The van der Waals surface area contributed by atoms with Crippen LogP contribution >= 0.6 is 0 Å². The number of amides is 1. The van der Waals surface area contributed by atoms with Crippen LogP contribution in [0, 0.1) is 11.3 Å². The zero-order chi connectivity index (χ0) is 15.9. The molecule has 1 fully saturated rings. The van der Waals surface area contributed by atoms with Gasteiger partial charge in [0.05, 0.1) is 6.04 Å². The maximum absolute atomic E-state index is 12.1.